The SMILES string of the molecule is C[C@H]1C[C@@H](NC(=O)CCc2cnccn2)C(=O)N1c1ccccc1. The number of nitrogens with one attached hydrogen (secondary N) is 1. The molecule has 0 radical (unpaired) electrons. The highest BCUT2D eigenvalue weighted by Crippen LogP contribution is 2.26. The van der Waals surface area contributed by atoms with Crippen LogP contribution in [0.5, 0.6) is 0 Å². The van der Waals surface area contributed by atoms with Crippen molar-refractivity contribution in [2.24, 2.45) is 0 Å². The maximum absolute atomic E-state index is 12.6. The largest absolute Gasteiger partial charge is 0.344 e. The number of hydrogen-bond acceptors (Lipinski definition) is 4. The summed E-state index contributed by atoms with van der Waals surface area (Å²) >= 11 is 0. The van der Waals surface area contributed by atoms with E-state index in [1.165, 1.54) is 0 Å². The Bertz CT molecular complexity index is 705. The van der Waals surface area contributed by atoms with E-state index in [4.69, 9.17) is 0 Å². The minimum absolute atomic E-state index is 0.0541. The molecule has 6 heteroatoms. The Balaban J connectivity index is 1.58. The Kier molecular flexibility index (Phi) is 4.84. The molecule has 2 aromatic rings. The lowest BCUT2D eigenvalue weighted by molar-refractivity contribution is -0.126. The van der Waals surface area contributed by atoms with Gasteiger partial charge in [0, 0.05) is 36.7 Å². The molecule has 1 aliphatic heterocycles. The summed E-state index contributed by atoms with van der Waals surface area (Å²) < 4.78 is 0. The molecule has 0 unspecified atom stereocenters. The molecule has 0 bridgehead atoms. The Labute approximate surface area is 140 Å². The van der Waals surface area contributed by atoms with Crippen LogP contribution in [0.15, 0.2) is 48.9 Å². The van der Waals surface area contributed by atoms with E-state index in [-0.39, 0.29) is 17.9 Å². The number of rotatable bonds is 5. The first-order chi connectivity index (χ1) is 11.6. The fraction of sp³-hybridized carbons (Fsp3) is 0.333. The Morgan fingerprint density at radius 1 is 1.29 bits per heavy atom. The molecule has 3 rings (SSSR count). The number of hydrogen-bond donors (Lipinski definition) is 1. The van der Waals surface area contributed by atoms with Gasteiger partial charge in [-0.05, 0) is 31.9 Å². The molecule has 1 aromatic carbocycles. The lowest BCUT2D eigenvalue weighted by Crippen LogP contribution is -2.42. The third kappa shape index (κ3) is 3.59. The molecular formula is C18H20N4O2. The van der Waals surface area contributed by atoms with E-state index in [0.717, 1.165) is 11.4 Å². The van der Waals surface area contributed by atoms with Crippen LogP contribution in [-0.2, 0) is 16.0 Å². The number of anilines is 1. The van der Waals surface area contributed by atoms with Crippen molar-refractivity contribution in [1.29, 1.82) is 0 Å². The van der Waals surface area contributed by atoms with Crippen LogP contribution in [0.3, 0.4) is 0 Å². The molecule has 24 heavy (non-hydrogen) atoms. The zero-order chi connectivity index (χ0) is 16.9. The average molecular weight is 324 g/mol. The maximum Gasteiger partial charge on any atom is 0.249 e. The van der Waals surface area contributed by atoms with Gasteiger partial charge < -0.3 is 10.2 Å². The van der Waals surface area contributed by atoms with Crippen molar-refractivity contribution in [2.45, 2.75) is 38.3 Å². The van der Waals surface area contributed by atoms with E-state index in [9.17, 15) is 9.59 Å². The standard InChI is InChI=1S/C18H20N4O2/c1-13-11-16(18(24)22(13)15-5-3-2-4-6-15)21-17(23)8-7-14-12-19-9-10-20-14/h2-6,9-10,12-13,16H,7-8,11H2,1H3,(H,21,23)/t13-,16+/m0/s1. The van der Waals surface area contributed by atoms with Crippen molar-refractivity contribution in [1.82, 2.24) is 15.3 Å². The van der Waals surface area contributed by atoms with E-state index in [1.807, 2.05) is 37.3 Å². The lowest BCUT2D eigenvalue weighted by Gasteiger charge is -2.21. The highest BCUT2D eigenvalue weighted by molar-refractivity contribution is 6.01. The Morgan fingerprint density at radius 3 is 2.79 bits per heavy atom. The van der Waals surface area contributed by atoms with Crippen LogP contribution in [0.1, 0.15) is 25.5 Å². The predicted molar refractivity (Wildman–Crippen MR) is 90.3 cm³/mol. The summed E-state index contributed by atoms with van der Waals surface area (Å²) in [4.78, 5) is 34.6. The molecule has 2 amide bonds. The number of carbonyl (C=O) groups is 2. The van der Waals surface area contributed by atoms with Crippen LogP contribution in [0, 0.1) is 0 Å². The van der Waals surface area contributed by atoms with Crippen LogP contribution in [-0.4, -0.2) is 33.9 Å². The van der Waals surface area contributed by atoms with Gasteiger partial charge >= 0.3 is 0 Å². The molecule has 0 saturated carbocycles. The van der Waals surface area contributed by atoms with Crippen LogP contribution in [0.25, 0.3) is 0 Å². The van der Waals surface area contributed by atoms with Crippen molar-refractivity contribution in [3.05, 3.63) is 54.6 Å². The number of amides is 2. The summed E-state index contributed by atoms with van der Waals surface area (Å²) in [5.74, 6) is -0.192. The van der Waals surface area contributed by atoms with Crippen LogP contribution in [0.4, 0.5) is 5.69 Å². The second-order valence-corrected chi connectivity index (χ2v) is 5.95. The van der Waals surface area contributed by atoms with Crippen molar-refractivity contribution < 1.29 is 9.59 Å². The summed E-state index contributed by atoms with van der Waals surface area (Å²) in [5, 5.41) is 2.85. The number of aromatic nitrogens is 2. The quantitative estimate of drug-likeness (QED) is 0.909. The predicted octanol–water partition coefficient (Wildman–Crippen LogP) is 1.72. The van der Waals surface area contributed by atoms with Gasteiger partial charge in [-0.25, -0.2) is 0 Å². The van der Waals surface area contributed by atoms with Gasteiger partial charge in [-0.2, -0.15) is 0 Å². The van der Waals surface area contributed by atoms with E-state index >= 15 is 0 Å². The van der Waals surface area contributed by atoms with Gasteiger partial charge in [-0.3, -0.25) is 19.6 Å². The maximum atomic E-state index is 12.6. The summed E-state index contributed by atoms with van der Waals surface area (Å²) in [7, 11) is 0. The normalized spacial score (nSPS) is 20.2. The summed E-state index contributed by atoms with van der Waals surface area (Å²) in [5.41, 5.74) is 1.64. The van der Waals surface area contributed by atoms with E-state index < -0.39 is 6.04 Å². The fourth-order valence-electron chi connectivity index (χ4n) is 2.99. The monoisotopic (exact) mass is 324 g/mol. The zero-order valence-corrected chi connectivity index (χ0v) is 13.6. The van der Waals surface area contributed by atoms with Crippen LogP contribution >= 0.6 is 0 Å². The molecule has 1 fully saturated rings. The van der Waals surface area contributed by atoms with Crippen molar-refractivity contribution in [3.63, 3.8) is 0 Å². The van der Waals surface area contributed by atoms with E-state index in [1.54, 1.807) is 23.5 Å². The molecule has 124 valence electrons. The van der Waals surface area contributed by atoms with Gasteiger partial charge in [0.25, 0.3) is 0 Å². The van der Waals surface area contributed by atoms with Gasteiger partial charge in [-0.15, -0.1) is 0 Å². The molecule has 0 spiro atoms. The molecular weight excluding hydrogens is 304 g/mol. The highest BCUT2D eigenvalue weighted by Gasteiger charge is 2.38. The van der Waals surface area contributed by atoms with Crippen molar-refractivity contribution in [3.8, 4) is 0 Å². The van der Waals surface area contributed by atoms with Gasteiger partial charge in [0.05, 0.1) is 5.69 Å². The number of benzene rings is 1. The minimum atomic E-state index is -0.463. The minimum Gasteiger partial charge on any atom is -0.344 e. The van der Waals surface area contributed by atoms with Crippen LogP contribution < -0.4 is 10.2 Å². The Hall–Kier alpha value is -2.76. The van der Waals surface area contributed by atoms with Gasteiger partial charge in [0.1, 0.15) is 6.04 Å². The number of nitrogens with zero attached hydrogens (tertiary/aromatic N) is 3. The van der Waals surface area contributed by atoms with Crippen LogP contribution in [0.2, 0.25) is 0 Å². The molecule has 1 aromatic heterocycles. The number of carbonyl (C=O) groups excluding carboxylic acids is 2. The first-order valence-corrected chi connectivity index (χ1v) is 8.07. The molecule has 2 atom stereocenters. The van der Waals surface area contributed by atoms with Gasteiger partial charge in [0.2, 0.25) is 11.8 Å². The third-order valence-corrected chi connectivity index (χ3v) is 4.15. The summed E-state index contributed by atoms with van der Waals surface area (Å²) in [6.07, 6.45) is 6.27. The second kappa shape index (κ2) is 7.21. The van der Waals surface area contributed by atoms with Crippen molar-refractivity contribution in [2.75, 3.05) is 4.90 Å². The molecule has 0 aliphatic carbocycles. The second-order valence-electron chi connectivity index (χ2n) is 5.95. The topological polar surface area (TPSA) is 75.2 Å². The first-order valence-electron chi connectivity index (χ1n) is 8.07. The zero-order valence-electron chi connectivity index (χ0n) is 13.6. The highest BCUT2D eigenvalue weighted by atomic mass is 16.2. The van der Waals surface area contributed by atoms with E-state index in [0.29, 0.717) is 19.3 Å². The number of aryl methyl sites for hydroxylation is 1. The molecule has 1 N–H and O–H groups in total. The average Bonchev–Trinajstić information content (AvgIpc) is 2.88. The van der Waals surface area contributed by atoms with Gasteiger partial charge in [0.15, 0.2) is 0 Å². The molecule has 6 nitrogen and oxygen atoms in total. The Morgan fingerprint density at radius 2 is 2.08 bits per heavy atom. The summed E-state index contributed by atoms with van der Waals surface area (Å²) in [6, 6.07) is 9.14. The fourth-order valence-corrected chi connectivity index (χ4v) is 2.99. The van der Waals surface area contributed by atoms with Crippen molar-refractivity contribution >= 4 is 17.5 Å². The van der Waals surface area contributed by atoms with Gasteiger partial charge in [-0.1, -0.05) is 18.2 Å². The van der Waals surface area contributed by atoms with E-state index in [2.05, 4.69) is 15.3 Å². The first kappa shape index (κ1) is 16.1. The molecule has 1 saturated heterocycles. The summed E-state index contributed by atoms with van der Waals surface area (Å²) in [6.45, 7) is 2.00. The molecule has 2 heterocycles. The smallest absolute Gasteiger partial charge is 0.249 e. The third-order valence-electron chi connectivity index (χ3n) is 4.15. The number of para-hydroxylation sites is 1. The molecule has 1 aliphatic rings. The lowest BCUT2D eigenvalue weighted by atomic mass is 10.1.